The molecule has 0 spiro atoms. The minimum absolute atomic E-state index is 0.0622. The van der Waals surface area contributed by atoms with Crippen LogP contribution in [0, 0.1) is 0 Å². The summed E-state index contributed by atoms with van der Waals surface area (Å²) in [6.45, 7) is 1.71. The fraction of sp³-hybridized carbons (Fsp3) is 0.263. The van der Waals surface area contributed by atoms with Crippen LogP contribution in [0.25, 0.3) is 11.0 Å². The second-order valence-corrected chi connectivity index (χ2v) is 6.70. The van der Waals surface area contributed by atoms with Crippen LogP contribution in [0.3, 0.4) is 0 Å². The number of nitrogens with one attached hydrogen (secondary N) is 1. The molecule has 0 saturated heterocycles. The highest BCUT2D eigenvalue weighted by Crippen LogP contribution is 2.27. The molecule has 0 bridgehead atoms. The minimum Gasteiger partial charge on any atom is -0.450 e. The molecule has 0 fully saturated rings. The topological polar surface area (TPSA) is 77.8 Å². The van der Waals surface area contributed by atoms with Gasteiger partial charge < -0.3 is 19.2 Å². The van der Waals surface area contributed by atoms with Gasteiger partial charge >= 0.3 is 5.97 Å². The number of carbonyl (C=O) groups is 2. The van der Waals surface area contributed by atoms with Crippen molar-refractivity contribution in [2.45, 2.75) is 19.6 Å². The van der Waals surface area contributed by atoms with Gasteiger partial charge in [-0.3, -0.25) is 4.79 Å². The first-order valence-corrected chi connectivity index (χ1v) is 8.97. The van der Waals surface area contributed by atoms with Gasteiger partial charge in [-0.05, 0) is 24.4 Å². The van der Waals surface area contributed by atoms with Gasteiger partial charge in [0.2, 0.25) is 5.76 Å². The Bertz CT molecular complexity index is 900. The number of thiophene rings is 1. The molecule has 0 unspecified atom stereocenters. The van der Waals surface area contributed by atoms with E-state index in [0.717, 1.165) is 10.3 Å². The molecule has 0 aliphatic carbocycles. The largest absolute Gasteiger partial charge is 0.450 e. The number of ether oxygens (including phenoxy) is 2. The second-order valence-electron chi connectivity index (χ2n) is 5.72. The highest BCUT2D eigenvalue weighted by Gasteiger charge is 2.22. The third kappa shape index (κ3) is 3.95. The van der Waals surface area contributed by atoms with Gasteiger partial charge in [0.1, 0.15) is 5.58 Å². The summed E-state index contributed by atoms with van der Waals surface area (Å²) in [5.41, 5.74) is 1.18. The summed E-state index contributed by atoms with van der Waals surface area (Å²) in [4.78, 5) is 25.4. The van der Waals surface area contributed by atoms with E-state index in [4.69, 9.17) is 13.9 Å². The SMILES string of the molecule is COCc1c(C(=O)OCC(=O)N[C@H](C)c2cccs2)oc2ccccc12. The van der Waals surface area contributed by atoms with Crippen LogP contribution in [0.5, 0.6) is 0 Å². The molecular formula is C19H19NO5S. The van der Waals surface area contributed by atoms with E-state index >= 15 is 0 Å². The molecule has 3 rings (SSSR count). The molecule has 0 aliphatic rings. The Morgan fingerprint density at radius 3 is 2.77 bits per heavy atom. The zero-order valence-electron chi connectivity index (χ0n) is 14.5. The molecule has 0 aliphatic heterocycles. The number of hydrogen-bond acceptors (Lipinski definition) is 6. The smallest absolute Gasteiger partial charge is 0.375 e. The van der Waals surface area contributed by atoms with Gasteiger partial charge in [0.25, 0.3) is 5.91 Å². The van der Waals surface area contributed by atoms with Crippen molar-refractivity contribution in [3.8, 4) is 0 Å². The van der Waals surface area contributed by atoms with Crippen LogP contribution in [-0.2, 0) is 20.9 Å². The van der Waals surface area contributed by atoms with E-state index in [1.165, 1.54) is 7.11 Å². The monoisotopic (exact) mass is 373 g/mol. The molecule has 26 heavy (non-hydrogen) atoms. The maximum absolute atomic E-state index is 12.4. The Labute approximate surface area is 154 Å². The van der Waals surface area contributed by atoms with Crippen molar-refractivity contribution in [3.63, 3.8) is 0 Å². The lowest BCUT2D eigenvalue weighted by Crippen LogP contribution is -2.30. The van der Waals surface area contributed by atoms with Gasteiger partial charge in [0.05, 0.1) is 12.6 Å². The number of rotatable bonds is 7. The van der Waals surface area contributed by atoms with Crippen LogP contribution in [0.2, 0.25) is 0 Å². The number of fused-ring (bicyclic) bond motifs is 1. The van der Waals surface area contributed by atoms with Crippen molar-refractivity contribution in [2.75, 3.05) is 13.7 Å². The molecule has 6 nitrogen and oxygen atoms in total. The molecule has 2 heterocycles. The lowest BCUT2D eigenvalue weighted by molar-refractivity contribution is -0.124. The number of furan rings is 1. The van der Waals surface area contributed by atoms with Gasteiger partial charge in [-0.25, -0.2) is 4.79 Å². The third-order valence-corrected chi connectivity index (χ3v) is 4.91. The van der Waals surface area contributed by atoms with Crippen molar-refractivity contribution < 1.29 is 23.5 Å². The summed E-state index contributed by atoms with van der Waals surface area (Å²) in [5.74, 6) is -0.997. The van der Waals surface area contributed by atoms with E-state index in [2.05, 4.69) is 5.32 Å². The Balaban J connectivity index is 1.65. The summed E-state index contributed by atoms with van der Waals surface area (Å²) in [7, 11) is 1.54. The van der Waals surface area contributed by atoms with E-state index in [9.17, 15) is 9.59 Å². The average Bonchev–Trinajstić information content (AvgIpc) is 3.29. The predicted molar refractivity (Wildman–Crippen MR) is 98.1 cm³/mol. The van der Waals surface area contributed by atoms with Crippen LogP contribution in [0.4, 0.5) is 0 Å². The molecule has 1 atom stereocenters. The summed E-state index contributed by atoms with van der Waals surface area (Å²) < 4.78 is 15.9. The van der Waals surface area contributed by atoms with Gasteiger partial charge in [0.15, 0.2) is 6.61 Å². The van der Waals surface area contributed by atoms with Gasteiger partial charge in [0, 0.05) is 22.9 Å². The van der Waals surface area contributed by atoms with Crippen molar-refractivity contribution in [1.29, 1.82) is 0 Å². The van der Waals surface area contributed by atoms with Crippen LogP contribution in [0.15, 0.2) is 46.2 Å². The Morgan fingerprint density at radius 1 is 1.23 bits per heavy atom. The van der Waals surface area contributed by atoms with Crippen molar-refractivity contribution in [1.82, 2.24) is 5.32 Å². The van der Waals surface area contributed by atoms with Gasteiger partial charge in [-0.1, -0.05) is 24.3 Å². The minimum atomic E-state index is -0.688. The first kappa shape index (κ1) is 18.2. The summed E-state index contributed by atoms with van der Waals surface area (Å²) in [6, 6.07) is 11.0. The van der Waals surface area contributed by atoms with Crippen LogP contribution >= 0.6 is 11.3 Å². The normalized spacial score (nSPS) is 12.1. The molecule has 1 aromatic carbocycles. The Hall–Kier alpha value is -2.64. The molecule has 3 aromatic rings. The zero-order valence-corrected chi connectivity index (χ0v) is 15.3. The standard InChI is InChI=1S/C19H19NO5S/c1-12(16-8-5-9-26-16)20-17(21)11-24-19(22)18-14(10-23-2)13-6-3-4-7-15(13)25-18/h3-9,12H,10-11H2,1-2H3,(H,20,21)/t12-/m1/s1. The summed E-state index contributed by atoms with van der Waals surface area (Å²) >= 11 is 1.55. The van der Waals surface area contributed by atoms with Gasteiger partial charge in [-0.2, -0.15) is 0 Å². The number of carbonyl (C=O) groups excluding carboxylic acids is 2. The highest BCUT2D eigenvalue weighted by atomic mass is 32.1. The van der Waals surface area contributed by atoms with E-state index < -0.39 is 5.97 Å². The summed E-state index contributed by atoms with van der Waals surface area (Å²) in [5, 5.41) is 5.52. The summed E-state index contributed by atoms with van der Waals surface area (Å²) in [6.07, 6.45) is 0. The lowest BCUT2D eigenvalue weighted by atomic mass is 10.1. The maximum atomic E-state index is 12.4. The van der Waals surface area contributed by atoms with E-state index in [1.807, 2.05) is 42.6 Å². The molecule has 0 radical (unpaired) electrons. The van der Waals surface area contributed by atoms with Gasteiger partial charge in [-0.15, -0.1) is 11.3 Å². The van der Waals surface area contributed by atoms with Crippen LogP contribution in [0.1, 0.15) is 34.0 Å². The number of methoxy groups -OCH3 is 1. The quantitative estimate of drug-likeness (QED) is 0.639. The van der Waals surface area contributed by atoms with Crippen molar-refractivity contribution >= 4 is 34.2 Å². The molecule has 1 amide bonds. The number of para-hydroxylation sites is 1. The first-order valence-electron chi connectivity index (χ1n) is 8.09. The van der Waals surface area contributed by atoms with Crippen molar-refractivity contribution in [3.05, 3.63) is 58.0 Å². The fourth-order valence-electron chi connectivity index (χ4n) is 2.64. The number of amides is 1. The number of hydrogen-bond donors (Lipinski definition) is 1. The Morgan fingerprint density at radius 2 is 2.04 bits per heavy atom. The molecular weight excluding hydrogens is 354 g/mol. The molecule has 136 valence electrons. The van der Waals surface area contributed by atoms with Crippen LogP contribution in [-0.4, -0.2) is 25.6 Å². The number of esters is 1. The fourth-order valence-corrected chi connectivity index (χ4v) is 3.37. The second kappa shape index (κ2) is 8.16. The van der Waals surface area contributed by atoms with E-state index in [-0.39, 0.29) is 30.9 Å². The molecule has 2 aromatic heterocycles. The van der Waals surface area contributed by atoms with Crippen LogP contribution < -0.4 is 5.32 Å². The molecule has 0 saturated carbocycles. The highest BCUT2D eigenvalue weighted by molar-refractivity contribution is 7.10. The zero-order chi connectivity index (χ0) is 18.5. The van der Waals surface area contributed by atoms with Crippen molar-refractivity contribution in [2.24, 2.45) is 0 Å². The average molecular weight is 373 g/mol. The number of benzene rings is 1. The molecule has 7 heteroatoms. The molecule has 1 N–H and O–H groups in total. The predicted octanol–water partition coefficient (Wildman–Crippen LogP) is 3.67. The maximum Gasteiger partial charge on any atom is 0.375 e. The third-order valence-electron chi connectivity index (χ3n) is 3.85. The van der Waals surface area contributed by atoms with E-state index in [1.54, 1.807) is 17.4 Å². The Kier molecular flexibility index (Phi) is 5.70. The first-order chi connectivity index (χ1) is 12.6. The van der Waals surface area contributed by atoms with E-state index in [0.29, 0.717) is 11.1 Å². The lowest BCUT2D eigenvalue weighted by Gasteiger charge is -2.12.